The van der Waals surface area contributed by atoms with Crippen LogP contribution >= 0.6 is 0 Å². The van der Waals surface area contributed by atoms with Gasteiger partial charge in [0.05, 0.1) is 12.7 Å². The zero-order valence-electron chi connectivity index (χ0n) is 8.11. The Bertz CT molecular complexity index is 272. The first-order valence-corrected chi connectivity index (χ1v) is 5.03. The molecule has 0 aromatic carbocycles. The van der Waals surface area contributed by atoms with Crippen LogP contribution < -0.4 is 0 Å². The maximum absolute atomic E-state index is 11.4. The first-order valence-electron chi connectivity index (χ1n) is 5.03. The van der Waals surface area contributed by atoms with Gasteiger partial charge in [-0.05, 0) is 12.3 Å². The first kappa shape index (κ1) is 9.47. The number of carbonyl (C=O) groups excluding carboxylic acids is 1. The van der Waals surface area contributed by atoms with Crippen LogP contribution in [0.4, 0.5) is 0 Å². The van der Waals surface area contributed by atoms with Gasteiger partial charge < -0.3 is 9.64 Å². The summed E-state index contributed by atoms with van der Waals surface area (Å²) in [7, 11) is 0. The molecule has 0 aromatic rings. The highest BCUT2D eigenvalue weighted by Gasteiger charge is 2.35. The normalized spacial score (nSPS) is 30.9. The predicted molar refractivity (Wildman–Crippen MR) is 49.2 cm³/mol. The van der Waals surface area contributed by atoms with Crippen LogP contribution in [-0.4, -0.2) is 37.1 Å². The van der Waals surface area contributed by atoms with E-state index in [0.29, 0.717) is 11.8 Å². The quantitative estimate of drug-likeness (QED) is 0.607. The van der Waals surface area contributed by atoms with Gasteiger partial charge in [-0.15, -0.1) is 0 Å². The van der Waals surface area contributed by atoms with Crippen molar-refractivity contribution in [1.82, 2.24) is 4.90 Å². The van der Waals surface area contributed by atoms with Crippen LogP contribution in [0, 0.1) is 23.2 Å². The summed E-state index contributed by atoms with van der Waals surface area (Å²) in [6.45, 7) is 3.21. The maximum Gasteiger partial charge on any atom is 0.236 e. The summed E-state index contributed by atoms with van der Waals surface area (Å²) in [5.41, 5.74) is 0. The molecule has 0 aromatic heterocycles. The van der Waals surface area contributed by atoms with Gasteiger partial charge in [0.2, 0.25) is 5.91 Å². The molecule has 2 fully saturated rings. The Kier molecular flexibility index (Phi) is 2.69. The van der Waals surface area contributed by atoms with Crippen LogP contribution in [0.15, 0.2) is 0 Å². The number of rotatable bonds is 1. The van der Waals surface area contributed by atoms with Crippen LogP contribution in [0.3, 0.4) is 0 Å². The van der Waals surface area contributed by atoms with Gasteiger partial charge in [0.15, 0.2) is 0 Å². The van der Waals surface area contributed by atoms with Crippen LogP contribution in [0.1, 0.15) is 12.8 Å². The van der Waals surface area contributed by atoms with Crippen LogP contribution in [-0.2, 0) is 9.53 Å². The molecule has 2 saturated heterocycles. The summed E-state index contributed by atoms with van der Waals surface area (Å²) in [6, 6.07) is 1.90. The Hall–Kier alpha value is -1.08. The van der Waals surface area contributed by atoms with E-state index in [1.54, 1.807) is 4.90 Å². The molecule has 2 aliphatic rings. The van der Waals surface area contributed by atoms with Crippen molar-refractivity contribution in [3.8, 4) is 6.07 Å². The highest BCUT2D eigenvalue weighted by Crippen LogP contribution is 2.29. The molecule has 0 bridgehead atoms. The lowest BCUT2D eigenvalue weighted by atomic mass is 9.88. The average molecular weight is 194 g/mol. The van der Waals surface area contributed by atoms with Gasteiger partial charge in [0, 0.05) is 25.6 Å². The Morgan fingerprint density at radius 1 is 1.50 bits per heavy atom. The van der Waals surface area contributed by atoms with Crippen molar-refractivity contribution in [2.45, 2.75) is 12.8 Å². The lowest BCUT2D eigenvalue weighted by Gasteiger charge is -2.33. The number of carbonyl (C=O) groups is 1. The third-order valence-electron chi connectivity index (χ3n) is 3.14. The van der Waals surface area contributed by atoms with Gasteiger partial charge in [0.1, 0.15) is 6.42 Å². The van der Waals surface area contributed by atoms with Gasteiger partial charge in [0.25, 0.3) is 0 Å². The number of nitriles is 1. The van der Waals surface area contributed by atoms with Gasteiger partial charge in [-0.1, -0.05) is 0 Å². The maximum atomic E-state index is 11.4. The molecule has 2 rings (SSSR count). The van der Waals surface area contributed by atoms with E-state index in [-0.39, 0.29) is 12.3 Å². The number of hydrogen-bond donors (Lipinski definition) is 0. The summed E-state index contributed by atoms with van der Waals surface area (Å²) in [5.74, 6) is 1.12. The minimum absolute atomic E-state index is 0.0121. The van der Waals surface area contributed by atoms with Gasteiger partial charge in [-0.25, -0.2) is 0 Å². The minimum atomic E-state index is -0.0298. The van der Waals surface area contributed by atoms with Crippen LogP contribution in [0.2, 0.25) is 0 Å². The molecule has 2 heterocycles. The van der Waals surface area contributed by atoms with E-state index >= 15 is 0 Å². The second kappa shape index (κ2) is 3.97. The van der Waals surface area contributed by atoms with Crippen molar-refractivity contribution >= 4 is 5.91 Å². The second-order valence-corrected chi connectivity index (χ2v) is 4.02. The summed E-state index contributed by atoms with van der Waals surface area (Å²) >= 11 is 0. The molecule has 0 radical (unpaired) electrons. The smallest absolute Gasteiger partial charge is 0.236 e. The van der Waals surface area contributed by atoms with Crippen molar-refractivity contribution in [2.75, 3.05) is 26.3 Å². The lowest BCUT2D eigenvalue weighted by Crippen LogP contribution is -2.43. The van der Waals surface area contributed by atoms with Crippen molar-refractivity contribution in [3.63, 3.8) is 0 Å². The summed E-state index contributed by atoms with van der Waals surface area (Å²) in [6.07, 6.45) is 1.04. The molecular weight excluding hydrogens is 180 g/mol. The molecule has 14 heavy (non-hydrogen) atoms. The molecule has 0 N–H and O–H groups in total. The Morgan fingerprint density at radius 2 is 2.29 bits per heavy atom. The SMILES string of the molecule is N#CCC(=O)N1CC[C@@H]2COC[C@H]2C1. The molecule has 2 aliphatic heterocycles. The number of piperidine rings is 1. The number of amides is 1. The summed E-state index contributed by atoms with van der Waals surface area (Å²) in [4.78, 5) is 13.3. The Labute approximate surface area is 83.4 Å². The highest BCUT2D eigenvalue weighted by atomic mass is 16.5. The topological polar surface area (TPSA) is 53.3 Å². The molecular formula is C10H14N2O2. The van der Waals surface area contributed by atoms with Gasteiger partial charge in [-0.3, -0.25) is 4.79 Å². The largest absolute Gasteiger partial charge is 0.381 e. The molecule has 2 atom stereocenters. The van der Waals surface area contributed by atoms with E-state index in [2.05, 4.69) is 0 Å². The Balaban J connectivity index is 1.91. The van der Waals surface area contributed by atoms with E-state index in [1.165, 1.54) is 0 Å². The van der Waals surface area contributed by atoms with Crippen LogP contribution in [0.25, 0.3) is 0 Å². The fourth-order valence-corrected chi connectivity index (χ4v) is 2.27. The Morgan fingerprint density at radius 3 is 3.07 bits per heavy atom. The van der Waals surface area contributed by atoms with Gasteiger partial charge in [-0.2, -0.15) is 5.26 Å². The van der Waals surface area contributed by atoms with E-state index < -0.39 is 0 Å². The summed E-state index contributed by atoms with van der Waals surface area (Å²) in [5, 5.41) is 8.43. The zero-order valence-corrected chi connectivity index (χ0v) is 8.11. The van der Waals surface area contributed by atoms with Crippen molar-refractivity contribution in [2.24, 2.45) is 11.8 Å². The minimum Gasteiger partial charge on any atom is -0.381 e. The van der Waals surface area contributed by atoms with E-state index in [9.17, 15) is 4.79 Å². The number of hydrogen-bond acceptors (Lipinski definition) is 3. The van der Waals surface area contributed by atoms with Crippen molar-refractivity contribution in [3.05, 3.63) is 0 Å². The molecule has 0 aliphatic carbocycles. The summed E-state index contributed by atoms with van der Waals surface area (Å²) < 4.78 is 5.38. The molecule has 1 amide bonds. The molecule has 0 spiro atoms. The van der Waals surface area contributed by atoms with E-state index in [4.69, 9.17) is 10.00 Å². The second-order valence-electron chi connectivity index (χ2n) is 4.02. The number of likely N-dealkylation sites (tertiary alicyclic amines) is 1. The first-order chi connectivity index (χ1) is 6.81. The third-order valence-corrected chi connectivity index (χ3v) is 3.14. The van der Waals surface area contributed by atoms with E-state index in [1.807, 2.05) is 6.07 Å². The number of ether oxygens (including phenoxy) is 1. The molecule has 0 unspecified atom stereocenters. The fraction of sp³-hybridized carbons (Fsp3) is 0.800. The molecule has 0 saturated carbocycles. The predicted octanol–water partition coefficient (Wildman–Crippen LogP) is 0.395. The fourth-order valence-electron chi connectivity index (χ4n) is 2.27. The average Bonchev–Trinajstić information content (AvgIpc) is 2.64. The monoisotopic (exact) mass is 194 g/mol. The zero-order chi connectivity index (χ0) is 9.97. The van der Waals surface area contributed by atoms with Gasteiger partial charge >= 0.3 is 0 Å². The van der Waals surface area contributed by atoms with Crippen molar-refractivity contribution in [1.29, 1.82) is 5.26 Å². The molecule has 4 heteroatoms. The number of fused-ring (bicyclic) bond motifs is 1. The third kappa shape index (κ3) is 1.73. The lowest BCUT2D eigenvalue weighted by molar-refractivity contribution is -0.132. The molecule has 4 nitrogen and oxygen atoms in total. The van der Waals surface area contributed by atoms with E-state index in [0.717, 1.165) is 32.7 Å². The van der Waals surface area contributed by atoms with Crippen molar-refractivity contribution < 1.29 is 9.53 Å². The highest BCUT2D eigenvalue weighted by molar-refractivity contribution is 5.78. The molecule has 76 valence electrons. The van der Waals surface area contributed by atoms with Crippen LogP contribution in [0.5, 0.6) is 0 Å². The standard InChI is InChI=1S/C10H14N2O2/c11-3-1-10(13)12-4-2-8-6-14-7-9(8)5-12/h8-9H,1-2,4-7H2/t8-,9-/m1/s1. The number of nitrogens with zero attached hydrogens (tertiary/aromatic N) is 2.